The summed E-state index contributed by atoms with van der Waals surface area (Å²) in [5, 5.41) is 7.86. The topological polar surface area (TPSA) is 79.8 Å². The lowest BCUT2D eigenvalue weighted by atomic mass is 10.0. The number of anilines is 1. The molecule has 1 saturated heterocycles. The number of hydrogen-bond donors (Lipinski definition) is 1. The first-order valence-electron chi connectivity index (χ1n) is 10.3. The summed E-state index contributed by atoms with van der Waals surface area (Å²) in [6.07, 6.45) is 1.63. The molecule has 0 unspecified atom stereocenters. The lowest BCUT2D eigenvalue weighted by molar-refractivity contribution is 0.352. The second kappa shape index (κ2) is 6.84. The average Bonchev–Trinajstić information content (AvgIpc) is 3.08. The van der Waals surface area contributed by atoms with E-state index in [1.165, 1.54) is 10.5 Å². The van der Waals surface area contributed by atoms with Crippen LogP contribution in [0.25, 0.3) is 22.6 Å². The Morgan fingerprint density at radius 3 is 2.71 bits per heavy atom. The fraction of sp³-hybridized carbons (Fsp3) is 0.364. The second-order valence-electron chi connectivity index (χ2n) is 8.81. The fourth-order valence-electron chi connectivity index (χ4n) is 4.25. The van der Waals surface area contributed by atoms with Crippen molar-refractivity contribution in [2.45, 2.75) is 33.2 Å². The predicted molar refractivity (Wildman–Crippen MR) is 117 cm³/mol. The van der Waals surface area contributed by atoms with Gasteiger partial charge in [0.05, 0.1) is 16.9 Å². The van der Waals surface area contributed by atoms with Crippen molar-refractivity contribution in [1.82, 2.24) is 29.3 Å². The van der Waals surface area contributed by atoms with E-state index in [1.54, 1.807) is 6.20 Å². The van der Waals surface area contributed by atoms with Crippen molar-refractivity contribution in [3.63, 3.8) is 0 Å². The Balaban J connectivity index is 1.62. The van der Waals surface area contributed by atoms with E-state index in [2.05, 4.69) is 39.1 Å². The zero-order chi connectivity index (χ0) is 21.9. The van der Waals surface area contributed by atoms with Crippen molar-refractivity contribution in [3.05, 3.63) is 58.2 Å². The van der Waals surface area contributed by atoms with Crippen LogP contribution in [0.4, 0.5) is 10.1 Å². The number of piperazine rings is 1. The van der Waals surface area contributed by atoms with Crippen LogP contribution in [0.15, 0.2) is 35.3 Å². The van der Waals surface area contributed by atoms with Crippen LogP contribution in [-0.2, 0) is 0 Å². The van der Waals surface area contributed by atoms with E-state index in [1.807, 2.05) is 36.6 Å². The number of hydrogen-bond acceptors (Lipinski definition) is 6. The molecule has 5 rings (SSSR count). The Labute approximate surface area is 178 Å². The summed E-state index contributed by atoms with van der Waals surface area (Å²) in [5.41, 5.74) is 3.23. The van der Waals surface area contributed by atoms with Gasteiger partial charge >= 0.3 is 5.69 Å². The van der Waals surface area contributed by atoms with Crippen molar-refractivity contribution in [1.29, 1.82) is 0 Å². The summed E-state index contributed by atoms with van der Waals surface area (Å²) >= 11 is 0. The molecule has 1 aliphatic rings. The molecule has 31 heavy (non-hydrogen) atoms. The second-order valence-corrected chi connectivity index (χ2v) is 8.81. The number of aryl methyl sites for hydroxylation is 2. The molecule has 5 heterocycles. The number of fused-ring (bicyclic) bond motifs is 2. The van der Waals surface area contributed by atoms with Crippen molar-refractivity contribution >= 4 is 16.9 Å². The van der Waals surface area contributed by atoms with Gasteiger partial charge in [-0.1, -0.05) is 0 Å². The molecule has 160 valence electrons. The van der Waals surface area contributed by atoms with E-state index in [9.17, 15) is 4.79 Å². The molecule has 4 aromatic rings. The van der Waals surface area contributed by atoms with Gasteiger partial charge in [0.25, 0.3) is 0 Å². The third-order valence-corrected chi connectivity index (χ3v) is 5.65. The smallest absolute Gasteiger partial charge is 0.355 e. The lowest BCUT2D eigenvalue weighted by Crippen LogP contribution is -2.57. The Bertz CT molecular complexity index is 1390. The molecule has 0 amide bonds. The van der Waals surface area contributed by atoms with Crippen LogP contribution in [0, 0.1) is 19.7 Å². The highest BCUT2D eigenvalue weighted by Gasteiger charge is 2.26. The molecule has 0 atom stereocenters. The Hall–Kier alpha value is -3.33. The molecule has 1 fully saturated rings. The van der Waals surface area contributed by atoms with Gasteiger partial charge in [-0.25, -0.2) is 23.1 Å². The standard InChI is InChI=1S/C22H24FN7O/c1-13-7-16-9-15(8-14(2)30(16)27-13)19-25-20-18(23)10-17(11-29(20)21(31)26-19)28-6-5-24-22(3,4)12-28/h7-11,24H,5-6,12H2,1-4H3. The van der Waals surface area contributed by atoms with Crippen LogP contribution in [0.2, 0.25) is 0 Å². The summed E-state index contributed by atoms with van der Waals surface area (Å²) < 4.78 is 18.1. The van der Waals surface area contributed by atoms with E-state index < -0.39 is 11.5 Å². The monoisotopic (exact) mass is 421 g/mol. The van der Waals surface area contributed by atoms with Crippen molar-refractivity contribution < 1.29 is 4.39 Å². The molecule has 1 aliphatic heterocycles. The van der Waals surface area contributed by atoms with E-state index >= 15 is 4.39 Å². The third-order valence-electron chi connectivity index (χ3n) is 5.65. The molecule has 0 aliphatic carbocycles. The number of pyridine rings is 2. The van der Waals surface area contributed by atoms with Gasteiger partial charge in [0.15, 0.2) is 17.3 Å². The first kappa shape index (κ1) is 19.6. The van der Waals surface area contributed by atoms with E-state index in [4.69, 9.17) is 0 Å². The summed E-state index contributed by atoms with van der Waals surface area (Å²) in [5.74, 6) is -0.350. The van der Waals surface area contributed by atoms with Gasteiger partial charge in [-0.2, -0.15) is 10.1 Å². The van der Waals surface area contributed by atoms with Crippen molar-refractivity contribution in [2.24, 2.45) is 0 Å². The van der Waals surface area contributed by atoms with Crippen molar-refractivity contribution in [3.8, 4) is 11.4 Å². The Morgan fingerprint density at radius 2 is 1.94 bits per heavy atom. The van der Waals surface area contributed by atoms with Gasteiger partial charge in [0.1, 0.15) is 0 Å². The van der Waals surface area contributed by atoms with Crippen LogP contribution in [0.5, 0.6) is 0 Å². The number of nitrogens with one attached hydrogen (secondary N) is 1. The molecule has 0 bridgehead atoms. The fourth-order valence-corrected chi connectivity index (χ4v) is 4.25. The van der Waals surface area contributed by atoms with Crippen LogP contribution in [0.1, 0.15) is 25.2 Å². The molecule has 0 radical (unpaired) electrons. The molecule has 8 nitrogen and oxygen atoms in total. The summed E-state index contributed by atoms with van der Waals surface area (Å²) in [6.45, 7) is 10.2. The van der Waals surface area contributed by atoms with E-state index in [0.717, 1.165) is 30.0 Å². The first-order valence-corrected chi connectivity index (χ1v) is 10.3. The highest BCUT2D eigenvalue weighted by Crippen LogP contribution is 2.24. The molecular weight excluding hydrogens is 397 g/mol. The van der Waals surface area contributed by atoms with Gasteiger partial charge in [0.2, 0.25) is 0 Å². The minimum Gasteiger partial charge on any atom is -0.367 e. The number of aromatic nitrogens is 5. The van der Waals surface area contributed by atoms with Crippen LogP contribution < -0.4 is 15.9 Å². The molecule has 4 aromatic heterocycles. The molecule has 0 saturated carbocycles. The zero-order valence-corrected chi connectivity index (χ0v) is 18.0. The Morgan fingerprint density at radius 1 is 1.13 bits per heavy atom. The van der Waals surface area contributed by atoms with Gasteiger partial charge in [0, 0.05) is 48.7 Å². The average molecular weight is 421 g/mol. The maximum Gasteiger partial charge on any atom is 0.355 e. The molecule has 1 N–H and O–H groups in total. The number of rotatable bonds is 2. The number of nitrogens with zero attached hydrogens (tertiary/aromatic N) is 6. The quantitative estimate of drug-likeness (QED) is 0.535. The first-order chi connectivity index (χ1) is 14.7. The van der Waals surface area contributed by atoms with Crippen LogP contribution in [-0.4, -0.2) is 49.2 Å². The van der Waals surface area contributed by atoms with E-state index in [-0.39, 0.29) is 17.0 Å². The van der Waals surface area contributed by atoms with Crippen molar-refractivity contribution in [2.75, 3.05) is 24.5 Å². The van der Waals surface area contributed by atoms with Crippen LogP contribution >= 0.6 is 0 Å². The van der Waals surface area contributed by atoms with Gasteiger partial charge in [-0.3, -0.25) is 0 Å². The summed E-state index contributed by atoms with van der Waals surface area (Å²) in [6, 6.07) is 7.08. The molecular formula is C22H24FN7O. The van der Waals surface area contributed by atoms with Crippen LogP contribution in [0.3, 0.4) is 0 Å². The maximum atomic E-state index is 15.1. The SMILES string of the molecule is Cc1cc2cc(-c3nc(=O)n4cc(N5CCNC(C)(C)C5)cc(F)c4n3)cc(C)n2n1. The van der Waals surface area contributed by atoms with Gasteiger partial charge < -0.3 is 10.2 Å². The molecule has 0 aromatic carbocycles. The molecule has 9 heteroatoms. The van der Waals surface area contributed by atoms with Gasteiger partial charge in [-0.15, -0.1) is 0 Å². The zero-order valence-electron chi connectivity index (χ0n) is 18.0. The Kier molecular flexibility index (Phi) is 4.33. The minimum absolute atomic E-state index is 0.0321. The predicted octanol–water partition coefficient (Wildman–Crippen LogP) is 2.35. The van der Waals surface area contributed by atoms with E-state index in [0.29, 0.717) is 17.8 Å². The third kappa shape index (κ3) is 3.44. The highest BCUT2D eigenvalue weighted by molar-refractivity contribution is 5.66. The maximum absolute atomic E-state index is 15.1. The molecule has 0 spiro atoms. The number of halogens is 1. The normalized spacial score (nSPS) is 16.4. The minimum atomic E-state index is -0.558. The highest BCUT2D eigenvalue weighted by atomic mass is 19.1. The lowest BCUT2D eigenvalue weighted by Gasteiger charge is -2.40. The summed E-state index contributed by atoms with van der Waals surface area (Å²) in [4.78, 5) is 23.4. The van der Waals surface area contributed by atoms with Gasteiger partial charge in [-0.05, 0) is 45.9 Å². The summed E-state index contributed by atoms with van der Waals surface area (Å²) in [7, 11) is 0. The largest absolute Gasteiger partial charge is 0.367 e.